The van der Waals surface area contributed by atoms with Gasteiger partial charge in [0.25, 0.3) is 0 Å². The number of aromatic nitrogens is 1. The predicted octanol–water partition coefficient (Wildman–Crippen LogP) is 3.01. The third-order valence-electron chi connectivity index (χ3n) is 4.58. The van der Waals surface area contributed by atoms with Crippen molar-refractivity contribution in [2.75, 3.05) is 18.5 Å². The topological polar surface area (TPSA) is 107 Å². The molecule has 0 spiro atoms. The monoisotopic (exact) mass is 447 g/mol. The fraction of sp³-hybridized carbons (Fsp3) is 0.300. The Morgan fingerprint density at radius 1 is 1.10 bits per heavy atom. The van der Waals surface area contributed by atoms with Gasteiger partial charge in [0.1, 0.15) is 19.3 Å². The van der Waals surface area contributed by atoms with Crippen LogP contribution in [0.3, 0.4) is 0 Å². The Bertz CT molecular complexity index is 1160. The molecule has 158 valence electrons. The van der Waals surface area contributed by atoms with Gasteiger partial charge in [0.15, 0.2) is 16.6 Å². The first kappa shape index (κ1) is 20.6. The molecule has 0 aliphatic carbocycles. The van der Waals surface area contributed by atoms with E-state index in [1.54, 1.807) is 19.9 Å². The number of ether oxygens (including phenoxy) is 2. The molecule has 1 aromatic heterocycles. The first-order valence-corrected chi connectivity index (χ1v) is 11.7. The number of hydrogen-bond donors (Lipinski definition) is 2. The van der Waals surface area contributed by atoms with Crippen molar-refractivity contribution in [3.05, 3.63) is 42.5 Å². The highest BCUT2D eigenvalue weighted by Crippen LogP contribution is 2.32. The van der Waals surface area contributed by atoms with Crippen LogP contribution in [-0.4, -0.2) is 38.6 Å². The SMILES string of the molecule is CC(C)[C@H](NS(=O)(=O)c1ccc2c(c1)OCCO2)C(=O)Nc1nc2ccccc2s1. The molecule has 0 fully saturated rings. The summed E-state index contributed by atoms with van der Waals surface area (Å²) in [5.74, 6) is 0.106. The summed E-state index contributed by atoms with van der Waals surface area (Å²) in [4.78, 5) is 17.2. The van der Waals surface area contributed by atoms with Gasteiger partial charge in [-0.3, -0.25) is 4.79 Å². The zero-order chi connectivity index (χ0) is 21.3. The highest BCUT2D eigenvalue weighted by molar-refractivity contribution is 7.89. The number of rotatable bonds is 6. The van der Waals surface area contributed by atoms with Gasteiger partial charge in [-0.15, -0.1) is 0 Å². The van der Waals surface area contributed by atoms with Crippen LogP contribution in [-0.2, 0) is 14.8 Å². The molecule has 30 heavy (non-hydrogen) atoms. The molecule has 1 amide bonds. The van der Waals surface area contributed by atoms with E-state index in [4.69, 9.17) is 9.47 Å². The van der Waals surface area contributed by atoms with E-state index >= 15 is 0 Å². The van der Waals surface area contributed by atoms with Crippen LogP contribution in [0.15, 0.2) is 47.4 Å². The molecule has 1 aliphatic rings. The maximum Gasteiger partial charge on any atom is 0.244 e. The number of carbonyl (C=O) groups excluding carboxylic acids is 1. The van der Waals surface area contributed by atoms with Crippen molar-refractivity contribution in [3.8, 4) is 11.5 Å². The van der Waals surface area contributed by atoms with Crippen molar-refractivity contribution in [2.45, 2.75) is 24.8 Å². The number of nitrogens with one attached hydrogen (secondary N) is 2. The number of benzene rings is 2. The smallest absolute Gasteiger partial charge is 0.244 e. The Balaban J connectivity index is 1.54. The highest BCUT2D eigenvalue weighted by Gasteiger charge is 2.30. The summed E-state index contributed by atoms with van der Waals surface area (Å²) in [5.41, 5.74) is 0.774. The van der Waals surface area contributed by atoms with E-state index in [-0.39, 0.29) is 10.8 Å². The zero-order valence-electron chi connectivity index (χ0n) is 16.4. The van der Waals surface area contributed by atoms with E-state index in [9.17, 15) is 13.2 Å². The fourth-order valence-corrected chi connectivity index (χ4v) is 5.25. The Morgan fingerprint density at radius 2 is 1.83 bits per heavy atom. The molecule has 2 heterocycles. The molecule has 1 aliphatic heterocycles. The first-order chi connectivity index (χ1) is 14.3. The molecular weight excluding hydrogens is 426 g/mol. The van der Waals surface area contributed by atoms with Gasteiger partial charge in [-0.2, -0.15) is 4.72 Å². The summed E-state index contributed by atoms with van der Waals surface area (Å²) in [6.07, 6.45) is 0. The lowest BCUT2D eigenvalue weighted by Crippen LogP contribution is -2.47. The standard InChI is InChI=1S/C20H21N3O5S2/c1-12(2)18(19(24)22-20-21-14-5-3-4-6-17(14)29-20)23-30(25,26)13-7-8-15-16(11-13)28-10-9-27-15/h3-8,11-12,18,23H,9-10H2,1-2H3,(H,21,22,24)/t18-/m0/s1. The van der Waals surface area contributed by atoms with Gasteiger partial charge in [0, 0.05) is 6.07 Å². The largest absolute Gasteiger partial charge is 0.486 e. The minimum absolute atomic E-state index is 0.00480. The lowest BCUT2D eigenvalue weighted by atomic mass is 10.1. The van der Waals surface area contributed by atoms with Gasteiger partial charge in [0.05, 0.1) is 15.1 Å². The average molecular weight is 448 g/mol. The minimum Gasteiger partial charge on any atom is -0.486 e. The number of carbonyl (C=O) groups is 1. The summed E-state index contributed by atoms with van der Waals surface area (Å²) in [5, 5.41) is 3.16. The number of anilines is 1. The maximum absolute atomic E-state index is 12.9. The second-order valence-corrected chi connectivity index (χ2v) is 9.87. The van der Waals surface area contributed by atoms with Gasteiger partial charge in [-0.1, -0.05) is 37.3 Å². The van der Waals surface area contributed by atoms with E-state index in [1.807, 2.05) is 24.3 Å². The van der Waals surface area contributed by atoms with E-state index in [1.165, 1.54) is 23.5 Å². The van der Waals surface area contributed by atoms with Crippen LogP contribution in [0.25, 0.3) is 10.2 Å². The summed E-state index contributed by atoms with van der Waals surface area (Å²) >= 11 is 1.33. The van der Waals surface area contributed by atoms with Crippen molar-refractivity contribution >= 4 is 42.6 Å². The molecule has 2 aromatic carbocycles. The van der Waals surface area contributed by atoms with Gasteiger partial charge in [-0.05, 0) is 30.2 Å². The molecule has 0 unspecified atom stereocenters. The van der Waals surface area contributed by atoms with Crippen molar-refractivity contribution in [1.82, 2.24) is 9.71 Å². The van der Waals surface area contributed by atoms with Crippen LogP contribution in [0.4, 0.5) is 5.13 Å². The van der Waals surface area contributed by atoms with E-state index < -0.39 is 22.0 Å². The normalized spacial score (nSPS) is 14.6. The molecule has 0 saturated carbocycles. The van der Waals surface area contributed by atoms with Crippen LogP contribution >= 0.6 is 11.3 Å². The highest BCUT2D eigenvalue weighted by atomic mass is 32.2. The lowest BCUT2D eigenvalue weighted by Gasteiger charge is -2.22. The molecule has 3 aromatic rings. The van der Waals surface area contributed by atoms with Crippen LogP contribution in [0.2, 0.25) is 0 Å². The molecular formula is C20H21N3O5S2. The Labute approximate surface area is 178 Å². The first-order valence-electron chi connectivity index (χ1n) is 9.42. The van der Waals surface area contributed by atoms with Gasteiger partial charge < -0.3 is 14.8 Å². The maximum atomic E-state index is 12.9. The average Bonchev–Trinajstić information content (AvgIpc) is 3.13. The number of thiazole rings is 1. The summed E-state index contributed by atoms with van der Waals surface area (Å²) in [6.45, 7) is 4.31. The molecule has 8 nitrogen and oxygen atoms in total. The van der Waals surface area contributed by atoms with Crippen LogP contribution < -0.4 is 19.5 Å². The third kappa shape index (κ3) is 4.25. The lowest BCUT2D eigenvalue weighted by molar-refractivity contribution is -0.118. The van der Waals surface area contributed by atoms with Crippen molar-refractivity contribution in [2.24, 2.45) is 5.92 Å². The number of hydrogen-bond acceptors (Lipinski definition) is 7. The number of sulfonamides is 1. The van der Waals surface area contributed by atoms with Gasteiger partial charge >= 0.3 is 0 Å². The Kier molecular flexibility index (Phi) is 5.63. The number of nitrogens with zero attached hydrogens (tertiary/aromatic N) is 1. The van der Waals surface area contributed by atoms with Crippen LogP contribution in [0.1, 0.15) is 13.8 Å². The van der Waals surface area contributed by atoms with E-state index in [2.05, 4.69) is 15.0 Å². The van der Waals surface area contributed by atoms with Gasteiger partial charge in [-0.25, -0.2) is 13.4 Å². The Morgan fingerprint density at radius 3 is 2.57 bits per heavy atom. The van der Waals surface area contributed by atoms with Crippen LogP contribution in [0, 0.1) is 5.92 Å². The second-order valence-electron chi connectivity index (χ2n) is 7.12. The quantitative estimate of drug-likeness (QED) is 0.602. The van der Waals surface area contributed by atoms with E-state index in [0.717, 1.165) is 10.2 Å². The molecule has 0 bridgehead atoms. The zero-order valence-corrected chi connectivity index (χ0v) is 18.0. The fourth-order valence-electron chi connectivity index (χ4n) is 3.03. The molecule has 1 atom stereocenters. The van der Waals surface area contributed by atoms with Crippen molar-refractivity contribution in [3.63, 3.8) is 0 Å². The van der Waals surface area contributed by atoms with Crippen molar-refractivity contribution in [1.29, 1.82) is 0 Å². The molecule has 4 rings (SSSR count). The molecule has 0 saturated heterocycles. The van der Waals surface area contributed by atoms with Crippen molar-refractivity contribution < 1.29 is 22.7 Å². The molecule has 10 heteroatoms. The van der Waals surface area contributed by atoms with E-state index in [0.29, 0.717) is 29.8 Å². The third-order valence-corrected chi connectivity index (χ3v) is 6.97. The molecule has 0 radical (unpaired) electrons. The molecule has 2 N–H and O–H groups in total. The predicted molar refractivity (Wildman–Crippen MR) is 115 cm³/mol. The number of para-hydroxylation sites is 1. The van der Waals surface area contributed by atoms with Gasteiger partial charge in [0.2, 0.25) is 15.9 Å². The summed E-state index contributed by atoms with van der Waals surface area (Å²) < 4.78 is 40.2. The minimum atomic E-state index is -3.96. The number of fused-ring (bicyclic) bond motifs is 2. The number of amides is 1. The second kappa shape index (κ2) is 8.21. The summed E-state index contributed by atoms with van der Waals surface area (Å²) in [7, 11) is -3.96. The Hall–Kier alpha value is -2.69. The van der Waals surface area contributed by atoms with Crippen LogP contribution in [0.5, 0.6) is 11.5 Å². The summed E-state index contributed by atoms with van der Waals surface area (Å²) in [6, 6.07) is 10.9.